The van der Waals surface area contributed by atoms with Crippen molar-refractivity contribution in [2.45, 2.75) is 46.5 Å². The molecule has 28 heavy (non-hydrogen) atoms. The molecule has 0 radical (unpaired) electrons. The quantitative estimate of drug-likeness (QED) is 0.593. The lowest BCUT2D eigenvalue weighted by Crippen LogP contribution is -2.25. The van der Waals surface area contributed by atoms with Crippen LogP contribution in [-0.2, 0) is 17.6 Å². The van der Waals surface area contributed by atoms with Crippen LogP contribution in [0.3, 0.4) is 0 Å². The lowest BCUT2D eigenvalue weighted by Gasteiger charge is -2.08. The zero-order valence-electron chi connectivity index (χ0n) is 16.8. The molecule has 0 aliphatic heterocycles. The van der Waals surface area contributed by atoms with E-state index in [0.29, 0.717) is 31.2 Å². The van der Waals surface area contributed by atoms with Crippen molar-refractivity contribution in [2.75, 3.05) is 6.54 Å². The first-order valence-electron chi connectivity index (χ1n) is 9.73. The number of hydrogen-bond acceptors (Lipinski definition) is 4. The molecule has 0 atom stereocenters. The van der Waals surface area contributed by atoms with E-state index < -0.39 is 0 Å². The van der Waals surface area contributed by atoms with Crippen LogP contribution >= 0.6 is 0 Å². The zero-order chi connectivity index (χ0) is 19.9. The van der Waals surface area contributed by atoms with E-state index in [0.717, 1.165) is 18.4 Å². The molecule has 3 rings (SSSR count). The summed E-state index contributed by atoms with van der Waals surface area (Å²) in [5, 5.41) is 11.1. The van der Waals surface area contributed by atoms with Crippen molar-refractivity contribution in [3.63, 3.8) is 0 Å². The van der Waals surface area contributed by atoms with Crippen molar-refractivity contribution in [3.05, 3.63) is 70.6 Å². The van der Waals surface area contributed by atoms with E-state index in [4.69, 9.17) is 4.42 Å². The van der Waals surface area contributed by atoms with Crippen LogP contribution in [0.25, 0.3) is 11.5 Å². The molecule has 0 fully saturated rings. The van der Waals surface area contributed by atoms with Gasteiger partial charge in [0.1, 0.15) is 0 Å². The normalized spacial score (nSPS) is 10.8. The van der Waals surface area contributed by atoms with Crippen molar-refractivity contribution in [2.24, 2.45) is 0 Å². The molecule has 0 bridgehead atoms. The van der Waals surface area contributed by atoms with Gasteiger partial charge < -0.3 is 9.73 Å². The molecule has 0 saturated heterocycles. The number of carbonyl (C=O) groups is 1. The molecule has 5 heteroatoms. The van der Waals surface area contributed by atoms with E-state index in [1.54, 1.807) is 0 Å². The number of nitrogens with zero attached hydrogens (tertiary/aromatic N) is 2. The van der Waals surface area contributed by atoms with E-state index in [9.17, 15) is 4.79 Å². The third-order valence-corrected chi connectivity index (χ3v) is 4.77. The molecule has 0 aliphatic rings. The summed E-state index contributed by atoms with van der Waals surface area (Å²) in [6.45, 7) is 6.94. The Labute approximate surface area is 166 Å². The Bertz CT molecular complexity index is 929. The van der Waals surface area contributed by atoms with Crippen LogP contribution in [0.4, 0.5) is 0 Å². The molecule has 3 aromatic rings. The molecule has 2 aromatic carbocycles. The Morgan fingerprint density at radius 1 is 0.964 bits per heavy atom. The van der Waals surface area contributed by atoms with Crippen molar-refractivity contribution in [1.29, 1.82) is 0 Å². The van der Waals surface area contributed by atoms with Crippen LogP contribution in [0.2, 0.25) is 0 Å². The molecular weight excluding hydrogens is 350 g/mol. The molecule has 146 valence electrons. The Balaban J connectivity index is 1.39. The van der Waals surface area contributed by atoms with Gasteiger partial charge in [0, 0.05) is 24.9 Å². The van der Waals surface area contributed by atoms with Gasteiger partial charge in [-0.2, -0.15) is 0 Å². The largest absolute Gasteiger partial charge is 0.421 e. The lowest BCUT2D eigenvalue weighted by atomic mass is 10.0. The smallest absolute Gasteiger partial charge is 0.247 e. The molecular formula is C23H27N3O2. The van der Waals surface area contributed by atoms with Crippen LogP contribution in [0, 0.1) is 20.8 Å². The first-order chi connectivity index (χ1) is 13.5. The van der Waals surface area contributed by atoms with Crippen molar-refractivity contribution < 1.29 is 9.21 Å². The highest BCUT2D eigenvalue weighted by atomic mass is 16.4. The highest BCUT2D eigenvalue weighted by Crippen LogP contribution is 2.18. The van der Waals surface area contributed by atoms with Crippen molar-refractivity contribution in [3.8, 4) is 11.5 Å². The Morgan fingerprint density at radius 2 is 1.71 bits per heavy atom. The molecule has 1 heterocycles. The maximum absolute atomic E-state index is 12.1. The monoisotopic (exact) mass is 377 g/mol. The molecule has 0 spiro atoms. The number of aryl methyl sites for hydroxylation is 5. The van der Waals surface area contributed by atoms with Gasteiger partial charge in [-0.15, -0.1) is 10.2 Å². The highest BCUT2D eigenvalue weighted by Gasteiger charge is 2.10. The summed E-state index contributed by atoms with van der Waals surface area (Å²) in [5.74, 6) is 0.987. The van der Waals surface area contributed by atoms with E-state index in [1.165, 1.54) is 22.3 Å². The number of hydrogen-bond donors (Lipinski definition) is 1. The number of aromatic nitrogens is 2. The van der Waals surface area contributed by atoms with Crippen molar-refractivity contribution in [1.82, 2.24) is 15.5 Å². The number of amides is 1. The second-order valence-corrected chi connectivity index (χ2v) is 7.25. The van der Waals surface area contributed by atoms with Crippen LogP contribution < -0.4 is 5.32 Å². The van der Waals surface area contributed by atoms with Gasteiger partial charge in [0.05, 0.1) is 0 Å². The summed E-state index contributed by atoms with van der Waals surface area (Å²) >= 11 is 0. The summed E-state index contributed by atoms with van der Waals surface area (Å²) in [4.78, 5) is 12.1. The number of rotatable bonds is 8. The minimum Gasteiger partial charge on any atom is -0.421 e. The molecule has 0 aliphatic carbocycles. The first-order valence-corrected chi connectivity index (χ1v) is 9.73. The maximum Gasteiger partial charge on any atom is 0.247 e. The fraction of sp³-hybridized carbons (Fsp3) is 0.348. The summed E-state index contributed by atoms with van der Waals surface area (Å²) in [6.07, 6.45) is 2.69. The molecule has 1 amide bonds. The molecule has 5 nitrogen and oxygen atoms in total. The number of nitrogens with one attached hydrogen (secondary N) is 1. The van der Waals surface area contributed by atoms with Crippen LogP contribution in [0.1, 0.15) is 41.0 Å². The van der Waals surface area contributed by atoms with Crippen LogP contribution in [0.5, 0.6) is 0 Å². The van der Waals surface area contributed by atoms with Gasteiger partial charge in [-0.25, -0.2) is 0 Å². The lowest BCUT2D eigenvalue weighted by molar-refractivity contribution is -0.121. The zero-order valence-corrected chi connectivity index (χ0v) is 16.8. The van der Waals surface area contributed by atoms with Crippen LogP contribution in [-0.4, -0.2) is 22.6 Å². The predicted molar refractivity (Wildman–Crippen MR) is 110 cm³/mol. The van der Waals surface area contributed by atoms with Crippen LogP contribution in [0.15, 0.2) is 46.9 Å². The fourth-order valence-corrected chi connectivity index (χ4v) is 3.11. The van der Waals surface area contributed by atoms with Gasteiger partial charge in [-0.1, -0.05) is 41.5 Å². The van der Waals surface area contributed by atoms with Gasteiger partial charge in [0.25, 0.3) is 0 Å². The van der Waals surface area contributed by atoms with Gasteiger partial charge in [0.15, 0.2) is 0 Å². The predicted octanol–water partition coefficient (Wildman–Crippen LogP) is 4.34. The third-order valence-electron chi connectivity index (χ3n) is 4.77. The maximum atomic E-state index is 12.1. The highest BCUT2D eigenvalue weighted by molar-refractivity contribution is 5.75. The van der Waals surface area contributed by atoms with Gasteiger partial charge in [-0.3, -0.25) is 4.79 Å². The minimum absolute atomic E-state index is 0.00992. The minimum atomic E-state index is 0.00992. The Kier molecular flexibility index (Phi) is 6.58. The molecule has 0 unspecified atom stereocenters. The van der Waals surface area contributed by atoms with E-state index in [-0.39, 0.29) is 5.91 Å². The number of benzene rings is 2. The molecule has 0 saturated carbocycles. The third kappa shape index (κ3) is 5.52. The number of carbonyl (C=O) groups excluding carboxylic acids is 1. The average molecular weight is 377 g/mol. The SMILES string of the molecule is Cc1ccc(-c2nnc(CCC(=O)NCCCc3ccc(C)cc3C)o2)cc1. The molecule has 1 N–H and O–H groups in total. The Hall–Kier alpha value is -2.95. The topological polar surface area (TPSA) is 68.0 Å². The first kappa shape index (κ1) is 19.8. The summed E-state index contributed by atoms with van der Waals surface area (Å²) in [5.41, 5.74) is 6.00. The molecule has 1 aromatic heterocycles. The second kappa shape index (κ2) is 9.31. The summed E-state index contributed by atoms with van der Waals surface area (Å²) in [6, 6.07) is 14.4. The van der Waals surface area contributed by atoms with E-state index in [2.05, 4.69) is 47.6 Å². The van der Waals surface area contributed by atoms with E-state index in [1.807, 2.05) is 31.2 Å². The van der Waals surface area contributed by atoms with Gasteiger partial charge in [0.2, 0.25) is 17.7 Å². The fourth-order valence-electron chi connectivity index (χ4n) is 3.11. The van der Waals surface area contributed by atoms with Gasteiger partial charge in [-0.05, 0) is 56.9 Å². The van der Waals surface area contributed by atoms with Crippen molar-refractivity contribution >= 4 is 5.91 Å². The van der Waals surface area contributed by atoms with E-state index >= 15 is 0 Å². The summed E-state index contributed by atoms with van der Waals surface area (Å²) in [7, 11) is 0. The average Bonchev–Trinajstić information content (AvgIpc) is 3.14. The van der Waals surface area contributed by atoms with Gasteiger partial charge >= 0.3 is 0 Å². The second-order valence-electron chi connectivity index (χ2n) is 7.25. The summed E-state index contributed by atoms with van der Waals surface area (Å²) < 4.78 is 5.66. The standard InChI is InChI=1S/C23H27N3O2/c1-16-6-10-20(11-7-16)23-26-25-22(28-23)13-12-21(27)24-14-4-5-19-9-8-17(2)15-18(19)3/h6-11,15H,4-5,12-14H2,1-3H3,(H,24,27). The Morgan fingerprint density at radius 3 is 2.46 bits per heavy atom.